The van der Waals surface area contributed by atoms with E-state index in [1.165, 1.54) is 20.8 Å². The lowest BCUT2D eigenvalue weighted by Crippen LogP contribution is -2.64. The highest BCUT2D eigenvalue weighted by atomic mass is 16.7. The number of hydrogen-bond acceptors (Lipinski definition) is 25. The summed E-state index contributed by atoms with van der Waals surface area (Å²) < 4.78 is 45.8. The second kappa shape index (κ2) is 61.4. The number of ether oxygens (including phenoxy) is 8. The monoisotopic (exact) mass is 1620 g/mol. The first-order valence-electron chi connectivity index (χ1n) is 42.4. The second-order valence-corrected chi connectivity index (χ2v) is 31.4. The first kappa shape index (κ1) is 102. The van der Waals surface area contributed by atoms with Crippen LogP contribution in [0.3, 0.4) is 0 Å². The predicted molar refractivity (Wildman–Crippen MR) is 420 cm³/mol. The molecule has 3 rings (SSSR count). The first-order valence-corrected chi connectivity index (χ1v) is 42.4. The van der Waals surface area contributed by atoms with E-state index < -0.39 is 153 Å². The molecule has 0 aromatic carbocycles. The Morgan fingerprint density at radius 3 is 0.965 bits per heavy atom. The van der Waals surface area contributed by atoms with Gasteiger partial charge in [0.15, 0.2) is 18.9 Å². The van der Waals surface area contributed by atoms with Gasteiger partial charge in [-0.2, -0.15) is 0 Å². The minimum absolute atomic E-state index is 0.0584. The van der Waals surface area contributed by atoms with Gasteiger partial charge in [-0.15, -0.1) is 0 Å². The lowest BCUT2D eigenvalue weighted by Gasteiger charge is -2.42. The van der Waals surface area contributed by atoms with Crippen molar-refractivity contribution in [2.75, 3.05) is 79.1 Å². The summed E-state index contributed by atoms with van der Waals surface area (Å²) in [7, 11) is 0. The predicted octanol–water partition coefficient (Wildman–Crippen LogP) is 3.06. The van der Waals surface area contributed by atoms with E-state index in [9.17, 15) is 84.3 Å². The highest BCUT2D eigenvalue weighted by Gasteiger charge is 2.48. The molecule has 0 bridgehead atoms. The van der Waals surface area contributed by atoms with Gasteiger partial charge in [0.25, 0.3) is 0 Å². The molecule has 0 aliphatic carbocycles. The van der Waals surface area contributed by atoms with Crippen molar-refractivity contribution in [2.45, 2.75) is 382 Å². The van der Waals surface area contributed by atoms with Crippen LogP contribution in [-0.4, -0.2) is 282 Å². The summed E-state index contributed by atoms with van der Waals surface area (Å²) >= 11 is 0. The third-order valence-electron chi connectivity index (χ3n) is 20.3. The molecular formula is C80H148N8O25. The average molecular weight is 1620 g/mol. The van der Waals surface area contributed by atoms with Gasteiger partial charge in [-0.1, -0.05) is 135 Å². The summed E-state index contributed by atoms with van der Waals surface area (Å²) in [4.78, 5) is 103. The van der Waals surface area contributed by atoms with Gasteiger partial charge in [0, 0.05) is 79.5 Å². The molecule has 8 amide bonds. The van der Waals surface area contributed by atoms with Crippen LogP contribution in [0.1, 0.15) is 273 Å². The zero-order valence-electron chi connectivity index (χ0n) is 68.8. The molecule has 113 heavy (non-hydrogen) atoms. The second-order valence-electron chi connectivity index (χ2n) is 31.4. The Kier molecular flexibility index (Phi) is 55.6. The molecule has 0 saturated carbocycles. The largest absolute Gasteiger partial charge is 0.394 e. The van der Waals surface area contributed by atoms with Crippen molar-refractivity contribution in [3.05, 3.63) is 0 Å². The third kappa shape index (κ3) is 45.6. The van der Waals surface area contributed by atoms with Gasteiger partial charge in [-0.25, -0.2) is 0 Å². The number of carbonyl (C=O) groups is 8. The maximum atomic E-state index is 14.4. The normalized spacial score (nSPS) is 24.4. The third-order valence-corrected chi connectivity index (χ3v) is 20.3. The lowest BCUT2D eigenvalue weighted by atomic mass is 9.97. The number of rotatable bonds is 65. The van der Waals surface area contributed by atoms with Crippen molar-refractivity contribution in [2.24, 2.45) is 0 Å². The molecule has 3 aliphatic heterocycles. The van der Waals surface area contributed by atoms with Crippen molar-refractivity contribution in [1.29, 1.82) is 0 Å². The molecule has 3 fully saturated rings. The first-order chi connectivity index (χ1) is 54.2. The Bertz CT molecular complexity index is 2580. The molecule has 17 atom stereocenters. The zero-order valence-corrected chi connectivity index (χ0v) is 68.8. The van der Waals surface area contributed by atoms with Crippen molar-refractivity contribution in [1.82, 2.24) is 42.5 Å². The quantitative estimate of drug-likeness (QED) is 0.0389. The van der Waals surface area contributed by atoms with Gasteiger partial charge >= 0.3 is 0 Å². The Morgan fingerprint density at radius 2 is 0.646 bits per heavy atom. The molecule has 3 aliphatic rings. The summed E-state index contributed by atoms with van der Waals surface area (Å²) in [6.45, 7) is 11.0. The lowest BCUT2D eigenvalue weighted by molar-refractivity contribution is -0.270. The summed E-state index contributed by atoms with van der Waals surface area (Å²) in [6.07, 6.45) is 13.8. The number of aliphatic hydroxyl groups is 9. The number of hydrogen-bond donors (Lipinski definition) is 17. The van der Waals surface area contributed by atoms with Crippen molar-refractivity contribution in [3.8, 4) is 0 Å². The Morgan fingerprint density at radius 1 is 0.336 bits per heavy atom. The number of aliphatic hydroxyl groups excluding tert-OH is 9. The molecule has 0 radical (unpaired) electrons. The van der Waals surface area contributed by atoms with Crippen LogP contribution in [0.15, 0.2) is 0 Å². The van der Waals surface area contributed by atoms with Crippen molar-refractivity contribution < 1.29 is 122 Å². The molecule has 0 aromatic rings. The van der Waals surface area contributed by atoms with E-state index in [1.54, 1.807) is 0 Å². The minimum Gasteiger partial charge on any atom is -0.394 e. The van der Waals surface area contributed by atoms with Gasteiger partial charge in [0.05, 0.1) is 45.2 Å². The van der Waals surface area contributed by atoms with E-state index in [-0.39, 0.29) is 55.7 Å². The summed E-state index contributed by atoms with van der Waals surface area (Å²) in [5.41, 5.74) is -0.335. The number of unbranched alkanes of at least 4 members (excludes halogenated alkanes) is 26. The van der Waals surface area contributed by atoms with E-state index in [4.69, 9.17) is 37.9 Å². The Hall–Kier alpha value is -4.92. The molecule has 3 heterocycles. The number of carbonyl (C=O) groups excluding carboxylic acids is 8. The van der Waals surface area contributed by atoms with Crippen LogP contribution in [0, 0.1) is 0 Å². The number of nitrogens with one attached hydrogen (secondary N) is 8. The maximum Gasteiger partial charge on any atom is 0.243 e. The van der Waals surface area contributed by atoms with Gasteiger partial charge < -0.3 is 126 Å². The summed E-state index contributed by atoms with van der Waals surface area (Å²) in [6, 6.07) is -4.85. The minimum atomic E-state index is -1.39. The van der Waals surface area contributed by atoms with Crippen LogP contribution in [-0.2, 0) is 76.3 Å². The van der Waals surface area contributed by atoms with E-state index in [0.29, 0.717) is 97.5 Å². The molecule has 0 spiro atoms. The standard InChI is InChI=1S/C80H148N8O25/c1-55(92)84-66-72(101)69(98)60(52-89)111-77(66)107-46-35-25-19-13-7-10-16-22-28-40-63(95)81-43-33-31-38-58(75(104)83-45-49-106-50-51-110-80(4,5)6)88-76(105)59(87-65(97)42-30-24-18-12-9-15-21-27-37-48-109-79-68(86-57(3)94)74(103)71(100)62(54-91)113-79)39-32-34-44-82-64(96)41-29-23-17-11-8-14-20-26-36-47-108-78-67(85-56(2)93)73(102)70(99)61(53-90)112-78/h58-62,66-74,77-79,89-91,98-103H,7-54H2,1-6H3,(H,81,95)(H,82,96)(H,83,104)(H,84,92)(H,85,93)(H,86,94)(H,87,97)(H,88,105). The fraction of sp³-hybridized carbons (Fsp3) is 0.900. The highest BCUT2D eigenvalue weighted by Crippen LogP contribution is 2.27. The van der Waals surface area contributed by atoms with E-state index in [2.05, 4.69) is 42.5 Å². The van der Waals surface area contributed by atoms with Crippen LogP contribution < -0.4 is 42.5 Å². The highest BCUT2D eigenvalue weighted by molar-refractivity contribution is 5.92. The van der Waals surface area contributed by atoms with E-state index >= 15 is 0 Å². The van der Waals surface area contributed by atoms with Crippen LogP contribution in [0.4, 0.5) is 0 Å². The number of amides is 8. The molecular weight excluding hydrogens is 1470 g/mol. The van der Waals surface area contributed by atoms with E-state index in [1.807, 2.05) is 20.8 Å². The van der Waals surface area contributed by atoms with Crippen molar-refractivity contribution in [3.63, 3.8) is 0 Å². The summed E-state index contributed by atoms with van der Waals surface area (Å²) in [5.74, 6) is -2.57. The fourth-order valence-electron chi connectivity index (χ4n) is 13.8. The smallest absolute Gasteiger partial charge is 0.243 e. The Balaban J connectivity index is 1.46. The van der Waals surface area contributed by atoms with Gasteiger partial charge in [-0.3, -0.25) is 38.4 Å². The Labute approximate surface area is 670 Å². The van der Waals surface area contributed by atoms with Gasteiger partial charge in [0.2, 0.25) is 47.3 Å². The average Bonchev–Trinajstić information content (AvgIpc) is 0.820. The SMILES string of the molecule is CC(=O)NC1C(OCCCCCCCCCCCC(=O)NCCCCC(NC(=O)CCCCCCCCCCCOC2OC(CO)C(O)C(O)C2NC(C)=O)C(=O)NC(CCCCNC(=O)CCCCCCCCCCCOC2OC(CO)C(O)C(O)C2NC(C)=O)C(=O)NCCOCCOC(C)(C)C)OC(CO)C(O)C1O. The van der Waals surface area contributed by atoms with Gasteiger partial charge in [0.1, 0.15) is 85.1 Å². The maximum absolute atomic E-state index is 14.4. The van der Waals surface area contributed by atoms with Gasteiger partial charge in [-0.05, 0) is 97.8 Å². The summed E-state index contributed by atoms with van der Waals surface area (Å²) in [5, 5.41) is 114. The molecule has 0 aromatic heterocycles. The fourth-order valence-corrected chi connectivity index (χ4v) is 13.8. The molecule has 658 valence electrons. The molecule has 17 N–H and O–H groups in total. The molecule has 33 nitrogen and oxygen atoms in total. The van der Waals surface area contributed by atoms with Crippen LogP contribution in [0.5, 0.6) is 0 Å². The van der Waals surface area contributed by atoms with Crippen molar-refractivity contribution >= 4 is 47.3 Å². The van der Waals surface area contributed by atoms with Crippen LogP contribution in [0.25, 0.3) is 0 Å². The molecule has 3 saturated heterocycles. The molecule has 33 heteroatoms. The topological polar surface area (TPSA) is 489 Å². The van der Waals surface area contributed by atoms with Crippen LogP contribution >= 0.6 is 0 Å². The zero-order chi connectivity index (χ0) is 83.2. The van der Waals surface area contributed by atoms with E-state index in [0.717, 1.165) is 161 Å². The van der Waals surface area contributed by atoms with Crippen LogP contribution in [0.2, 0.25) is 0 Å². The molecule has 17 unspecified atom stereocenters.